The van der Waals surface area contributed by atoms with Gasteiger partial charge in [-0.1, -0.05) is 13.3 Å². The van der Waals surface area contributed by atoms with Crippen LogP contribution >= 0.6 is 0 Å². The number of hydrogen-bond acceptors (Lipinski definition) is 3. The fourth-order valence-electron chi connectivity index (χ4n) is 1.72. The summed E-state index contributed by atoms with van der Waals surface area (Å²) in [5.41, 5.74) is 5.51. The van der Waals surface area contributed by atoms with E-state index in [2.05, 4.69) is 12.2 Å². The van der Waals surface area contributed by atoms with Crippen molar-refractivity contribution in [3.63, 3.8) is 0 Å². The van der Waals surface area contributed by atoms with E-state index in [4.69, 9.17) is 5.73 Å². The Morgan fingerprint density at radius 1 is 1.41 bits per heavy atom. The summed E-state index contributed by atoms with van der Waals surface area (Å²) in [5.74, 6) is 1.32. The maximum absolute atomic E-state index is 11.5. The zero-order valence-corrected chi connectivity index (χ0v) is 11.9. The van der Waals surface area contributed by atoms with Crippen LogP contribution in [-0.4, -0.2) is 35.2 Å². The summed E-state index contributed by atoms with van der Waals surface area (Å²) in [4.78, 5) is 11.5. The van der Waals surface area contributed by atoms with Crippen LogP contribution in [0.15, 0.2) is 0 Å². The lowest BCUT2D eigenvalue weighted by atomic mass is 9.96. The largest absolute Gasteiger partial charge is 0.356 e. The molecule has 0 aromatic rings. The first-order valence-electron chi connectivity index (χ1n) is 6.36. The highest BCUT2D eigenvalue weighted by atomic mass is 32.2. The lowest BCUT2D eigenvalue weighted by Crippen LogP contribution is -2.25. The third-order valence-corrected chi connectivity index (χ3v) is 3.73. The third-order valence-electron chi connectivity index (χ3n) is 2.86. The highest BCUT2D eigenvalue weighted by Crippen LogP contribution is 2.14. The highest BCUT2D eigenvalue weighted by Gasteiger charge is 2.08. The van der Waals surface area contributed by atoms with Gasteiger partial charge >= 0.3 is 0 Å². The Labute approximate surface area is 107 Å². The van der Waals surface area contributed by atoms with Crippen LogP contribution in [0.5, 0.6) is 0 Å². The minimum Gasteiger partial charge on any atom is -0.356 e. The second kappa shape index (κ2) is 10.7. The molecule has 1 amide bonds. The lowest BCUT2D eigenvalue weighted by Gasteiger charge is -2.13. The summed E-state index contributed by atoms with van der Waals surface area (Å²) in [6.45, 7) is 3.46. The van der Waals surface area contributed by atoms with E-state index in [0.29, 0.717) is 31.2 Å². The predicted molar refractivity (Wildman–Crippen MR) is 73.2 cm³/mol. The summed E-state index contributed by atoms with van der Waals surface area (Å²) in [7, 11) is -0.761. The Hall–Kier alpha value is -0.420. The number of carbonyl (C=O) groups is 1. The number of carbonyl (C=O) groups excluding carboxylic acids is 1. The first kappa shape index (κ1) is 16.6. The molecular formula is C12H26N2O2S. The van der Waals surface area contributed by atoms with Crippen molar-refractivity contribution in [2.45, 2.75) is 39.0 Å². The van der Waals surface area contributed by atoms with Gasteiger partial charge in [-0.2, -0.15) is 0 Å². The van der Waals surface area contributed by atoms with Gasteiger partial charge in [-0.25, -0.2) is 0 Å². The number of nitrogens with one attached hydrogen (secondary N) is 1. The van der Waals surface area contributed by atoms with Crippen LogP contribution in [0.2, 0.25) is 0 Å². The summed E-state index contributed by atoms with van der Waals surface area (Å²) in [5, 5.41) is 2.85. The van der Waals surface area contributed by atoms with E-state index >= 15 is 0 Å². The number of rotatable bonds is 10. The molecule has 0 aliphatic rings. The monoisotopic (exact) mass is 262 g/mol. The van der Waals surface area contributed by atoms with E-state index < -0.39 is 10.8 Å². The predicted octanol–water partition coefficient (Wildman–Crippen LogP) is 1.03. The van der Waals surface area contributed by atoms with Gasteiger partial charge in [0.15, 0.2) is 0 Å². The van der Waals surface area contributed by atoms with E-state index in [1.165, 1.54) is 0 Å². The van der Waals surface area contributed by atoms with Crippen LogP contribution in [0.3, 0.4) is 0 Å². The standard InChI is InChI=1S/C12H26N2O2S/c1-3-11(7-8-13)5-6-12(15)14-9-4-10-17(2)16/h11H,3-10,13H2,1-2H3,(H,14,15). The van der Waals surface area contributed by atoms with Crippen molar-refractivity contribution < 1.29 is 9.00 Å². The van der Waals surface area contributed by atoms with E-state index in [1.807, 2.05) is 0 Å². The smallest absolute Gasteiger partial charge is 0.220 e. The summed E-state index contributed by atoms with van der Waals surface area (Å²) < 4.78 is 10.8. The van der Waals surface area contributed by atoms with E-state index in [9.17, 15) is 9.00 Å². The second-order valence-electron chi connectivity index (χ2n) is 4.37. The van der Waals surface area contributed by atoms with Crippen molar-refractivity contribution >= 4 is 16.7 Å². The molecule has 0 aliphatic heterocycles. The number of nitrogens with two attached hydrogens (primary N) is 1. The van der Waals surface area contributed by atoms with Gasteiger partial charge in [0.1, 0.15) is 0 Å². The third kappa shape index (κ3) is 10.5. The van der Waals surface area contributed by atoms with Crippen LogP contribution in [0, 0.1) is 5.92 Å². The fourth-order valence-corrected chi connectivity index (χ4v) is 2.27. The Morgan fingerprint density at radius 2 is 2.12 bits per heavy atom. The van der Waals surface area contributed by atoms with Gasteiger partial charge in [0.05, 0.1) is 0 Å². The summed E-state index contributed by atoms with van der Waals surface area (Å²) in [6.07, 6.45) is 6.04. The van der Waals surface area contributed by atoms with Gasteiger partial charge in [0.2, 0.25) is 5.91 Å². The van der Waals surface area contributed by atoms with Crippen LogP contribution < -0.4 is 11.1 Å². The van der Waals surface area contributed by atoms with Gasteiger partial charge in [0.25, 0.3) is 0 Å². The van der Waals surface area contributed by atoms with E-state index in [0.717, 1.165) is 25.7 Å². The van der Waals surface area contributed by atoms with Gasteiger partial charge in [-0.05, 0) is 31.7 Å². The molecule has 0 aromatic heterocycles. The second-order valence-corrected chi connectivity index (χ2v) is 5.93. The van der Waals surface area contributed by atoms with Crippen LogP contribution in [0.25, 0.3) is 0 Å². The van der Waals surface area contributed by atoms with Crippen LogP contribution in [0.4, 0.5) is 0 Å². The SMILES string of the molecule is CCC(CCN)CCC(=O)NCCCS(C)=O. The first-order chi connectivity index (χ1) is 8.10. The molecule has 0 rings (SSSR count). The molecule has 0 saturated carbocycles. The maximum Gasteiger partial charge on any atom is 0.220 e. The zero-order valence-electron chi connectivity index (χ0n) is 11.0. The number of amides is 1. The molecule has 2 unspecified atom stereocenters. The van der Waals surface area contributed by atoms with Crippen LogP contribution in [0.1, 0.15) is 39.0 Å². The molecule has 0 bridgehead atoms. The number of hydrogen-bond donors (Lipinski definition) is 2. The van der Waals surface area contributed by atoms with E-state index in [-0.39, 0.29) is 5.91 Å². The molecule has 0 aromatic carbocycles. The first-order valence-corrected chi connectivity index (χ1v) is 8.09. The Morgan fingerprint density at radius 3 is 2.65 bits per heavy atom. The normalized spacial score (nSPS) is 14.3. The Kier molecular flexibility index (Phi) is 10.5. The topological polar surface area (TPSA) is 72.2 Å². The minimum absolute atomic E-state index is 0.0994. The van der Waals surface area contributed by atoms with Crippen molar-refractivity contribution in [3.05, 3.63) is 0 Å². The van der Waals surface area contributed by atoms with Crippen molar-refractivity contribution in [2.75, 3.05) is 25.1 Å². The Balaban J connectivity index is 3.54. The summed E-state index contributed by atoms with van der Waals surface area (Å²) in [6, 6.07) is 0. The molecule has 17 heavy (non-hydrogen) atoms. The molecule has 4 nitrogen and oxygen atoms in total. The van der Waals surface area contributed by atoms with E-state index in [1.54, 1.807) is 6.26 Å². The molecule has 0 radical (unpaired) electrons. The molecule has 102 valence electrons. The fraction of sp³-hybridized carbons (Fsp3) is 0.917. The molecule has 0 fully saturated rings. The molecule has 0 spiro atoms. The zero-order chi connectivity index (χ0) is 13.1. The average molecular weight is 262 g/mol. The summed E-state index contributed by atoms with van der Waals surface area (Å²) >= 11 is 0. The van der Waals surface area contributed by atoms with Crippen molar-refractivity contribution in [1.29, 1.82) is 0 Å². The quantitative estimate of drug-likeness (QED) is 0.578. The average Bonchev–Trinajstić information content (AvgIpc) is 2.29. The molecule has 5 heteroatoms. The van der Waals surface area contributed by atoms with Gasteiger partial charge < -0.3 is 11.1 Å². The molecule has 2 atom stereocenters. The minimum atomic E-state index is -0.761. The van der Waals surface area contributed by atoms with Crippen molar-refractivity contribution in [3.8, 4) is 0 Å². The molecule has 0 aliphatic carbocycles. The van der Waals surface area contributed by atoms with Crippen molar-refractivity contribution in [2.24, 2.45) is 11.7 Å². The van der Waals surface area contributed by atoms with Crippen molar-refractivity contribution in [1.82, 2.24) is 5.32 Å². The molecule has 0 saturated heterocycles. The molecular weight excluding hydrogens is 236 g/mol. The molecule has 0 heterocycles. The highest BCUT2D eigenvalue weighted by molar-refractivity contribution is 7.84. The lowest BCUT2D eigenvalue weighted by molar-refractivity contribution is -0.121. The van der Waals surface area contributed by atoms with Gasteiger partial charge in [0, 0.05) is 35.8 Å². The Bertz CT molecular complexity index is 235. The van der Waals surface area contributed by atoms with Crippen LogP contribution in [-0.2, 0) is 15.6 Å². The van der Waals surface area contributed by atoms with Gasteiger partial charge in [-0.15, -0.1) is 0 Å². The maximum atomic E-state index is 11.5. The van der Waals surface area contributed by atoms with Gasteiger partial charge in [-0.3, -0.25) is 9.00 Å². The molecule has 3 N–H and O–H groups in total.